The van der Waals surface area contributed by atoms with Gasteiger partial charge in [-0.25, -0.2) is 4.98 Å². The van der Waals surface area contributed by atoms with E-state index < -0.39 is 0 Å². The number of pyridine rings is 1. The third-order valence-electron chi connectivity index (χ3n) is 3.69. The summed E-state index contributed by atoms with van der Waals surface area (Å²) in [6.45, 7) is 1.08. The Labute approximate surface area is 155 Å². The van der Waals surface area contributed by atoms with Crippen LogP contribution < -0.4 is 11.1 Å². The van der Waals surface area contributed by atoms with Crippen LogP contribution in [0.1, 0.15) is 16.2 Å². The van der Waals surface area contributed by atoms with E-state index in [1.165, 1.54) is 4.88 Å². The molecule has 130 valence electrons. The molecule has 0 amide bonds. The number of nitrogens with two attached hydrogens (primary N) is 1. The van der Waals surface area contributed by atoms with Crippen molar-refractivity contribution in [3.05, 3.63) is 44.9 Å². The van der Waals surface area contributed by atoms with Gasteiger partial charge in [-0.3, -0.25) is 0 Å². The Morgan fingerprint density at radius 1 is 1.56 bits per heavy atom. The van der Waals surface area contributed by atoms with Crippen molar-refractivity contribution >= 4 is 39.7 Å². The Bertz CT molecular complexity index is 899. The van der Waals surface area contributed by atoms with Crippen LogP contribution in [0.4, 0.5) is 5.69 Å². The molecular formula is C18H18ClN3O2S. The van der Waals surface area contributed by atoms with Gasteiger partial charge in [0.05, 0.1) is 17.9 Å². The van der Waals surface area contributed by atoms with E-state index in [1.54, 1.807) is 24.5 Å². The number of halogens is 1. The number of ether oxygens (including phenoxy) is 1. The number of nitrogens with one attached hydrogen (secondary N) is 1. The van der Waals surface area contributed by atoms with Crippen LogP contribution in [0.5, 0.6) is 0 Å². The summed E-state index contributed by atoms with van der Waals surface area (Å²) in [6, 6.07) is 5.59. The monoisotopic (exact) mass is 375 g/mol. The van der Waals surface area contributed by atoms with Gasteiger partial charge in [-0.2, -0.15) is 0 Å². The maximum absolute atomic E-state index is 6.17. The normalized spacial score (nSPS) is 12.2. The molecule has 25 heavy (non-hydrogen) atoms. The van der Waals surface area contributed by atoms with Crippen LogP contribution in [0, 0.1) is 12.3 Å². The molecule has 0 fully saturated rings. The van der Waals surface area contributed by atoms with Gasteiger partial charge in [0.15, 0.2) is 5.58 Å². The number of terminal acetylenes is 1. The van der Waals surface area contributed by atoms with Crippen LogP contribution in [-0.2, 0) is 17.7 Å². The molecule has 0 aliphatic carbocycles. The fourth-order valence-corrected chi connectivity index (χ4v) is 3.45. The van der Waals surface area contributed by atoms with Gasteiger partial charge in [0.1, 0.15) is 16.4 Å². The second-order valence-electron chi connectivity index (χ2n) is 5.57. The van der Waals surface area contributed by atoms with Gasteiger partial charge in [-0.1, -0.05) is 23.6 Å². The van der Waals surface area contributed by atoms with Crippen molar-refractivity contribution in [2.75, 3.05) is 19.0 Å². The van der Waals surface area contributed by atoms with Crippen molar-refractivity contribution in [2.45, 2.75) is 19.0 Å². The average molecular weight is 376 g/mol. The predicted molar refractivity (Wildman–Crippen MR) is 102 cm³/mol. The topological polar surface area (TPSA) is 73.3 Å². The van der Waals surface area contributed by atoms with Crippen LogP contribution in [0.15, 0.2) is 28.0 Å². The maximum atomic E-state index is 6.17. The molecule has 3 N–H and O–H groups in total. The molecule has 3 aromatic rings. The molecule has 0 saturated heterocycles. The average Bonchev–Trinajstić information content (AvgIpc) is 3.20. The number of rotatable bonds is 7. The minimum atomic E-state index is -0.212. The van der Waals surface area contributed by atoms with Crippen molar-refractivity contribution in [3.63, 3.8) is 0 Å². The molecule has 1 atom stereocenters. The molecule has 0 bridgehead atoms. The maximum Gasteiger partial charge on any atom is 0.177 e. The Morgan fingerprint density at radius 2 is 2.40 bits per heavy atom. The molecule has 0 radical (unpaired) electrons. The molecule has 3 aromatic heterocycles. The Morgan fingerprint density at radius 3 is 3.08 bits per heavy atom. The highest BCUT2D eigenvalue weighted by Crippen LogP contribution is 2.33. The number of aromatic nitrogens is 1. The first-order chi connectivity index (χ1) is 12.1. The lowest BCUT2D eigenvalue weighted by atomic mass is 10.1. The van der Waals surface area contributed by atoms with Gasteiger partial charge in [0.25, 0.3) is 0 Å². The Balaban J connectivity index is 1.97. The van der Waals surface area contributed by atoms with Crippen molar-refractivity contribution in [2.24, 2.45) is 5.73 Å². The second-order valence-corrected chi connectivity index (χ2v) is 6.99. The number of methoxy groups -OCH3 is 1. The molecular weight excluding hydrogens is 358 g/mol. The van der Waals surface area contributed by atoms with Crippen molar-refractivity contribution in [3.8, 4) is 12.3 Å². The van der Waals surface area contributed by atoms with E-state index in [2.05, 4.69) is 22.3 Å². The minimum absolute atomic E-state index is 0.212. The summed E-state index contributed by atoms with van der Waals surface area (Å²) in [5.41, 5.74) is 8.54. The summed E-state index contributed by atoms with van der Waals surface area (Å²) < 4.78 is 11.1. The number of fused-ring (bicyclic) bond motifs is 1. The molecule has 0 aliphatic heterocycles. The molecule has 5 nitrogen and oxygen atoms in total. The van der Waals surface area contributed by atoms with E-state index in [0.29, 0.717) is 47.1 Å². The van der Waals surface area contributed by atoms with Crippen LogP contribution in [0.25, 0.3) is 11.1 Å². The first-order valence-electron chi connectivity index (χ1n) is 7.71. The summed E-state index contributed by atoms with van der Waals surface area (Å²) >= 11 is 7.85. The van der Waals surface area contributed by atoms with Gasteiger partial charge < -0.3 is 20.2 Å². The first-order valence-corrected chi connectivity index (χ1v) is 8.97. The predicted octanol–water partition coefficient (Wildman–Crippen LogP) is 3.65. The molecule has 3 rings (SSSR count). The number of thiophene rings is 1. The minimum Gasteiger partial charge on any atom is -0.456 e. The fourth-order valence-electron chi connectivity index (χ4n) is 2.61. The largest absolute Gasteiger partial charge is 0.456 e. The standard InChI is InChI=1S/C18H18ClN3O2S/c1-3-13-15(7-11(20)10-23-2)24-18-14(8-16(19)22-17(13)18)21-9-12-5-4-6-25-12/h1,4-6,8,11H,7,9-10,20H2,2H3,(H,21,22)/t11-/m1/s1. The SMILES string of the molecule is C#Cc1c(C[C@@H](N)COC)oc2c(NCc3cccs3)cc(Cl)nc12. The van der Waals surface area contributed by atoms with Crippen molar-refractivity contribution < 1.29 is 9.15 Å². The number of hydrogen-bond acceptors (Lipinski definition) is 6. The molecule has 0 aliphatic rings. The zero-order chi connectivity index (χ0) is 17.8. The molecule has 3 heterocycles. The van der Waals surface area contributed by atoms with Gasteiger partial charge >= 0.3 is 0 Å². The summed E-state index contributed by atoms with van der Waals surface area (Å²) in [5.74, 6) is 3.27. The number of furan rings is 1. The third kappa shape index (κ3) is 3.97. The van der Waals surface area contributed by atoms with Gasteiger partial charge in [-0.15, -0.1) is 17.8 Å². The quantitative estimate of drug-likeness (QED) is 0.487. The van der Waals surface area contributed by atoms with E-state index >= 15 is 0 Å². The van der Waals surface area contributed by atoms with E-state index in [-0.39, 0.29) is 6.04 Å². The number of hydrogen-bond donors (Lipinski definition) is 2. The number of anilines is 1. The summed E-state index contributed by atoms with van der Waals surface area (Å²) in [7, 11) is 1.61. The highest BCUT2D eigenvalue weighted by atomic mass is 35.5. The molecule has 0 unspecified atom stereocenters. The number of nitrogens with zero attached hydrogens (tertiary/aromatic N) is 1. The zero-order valence-corrected chi connectivity index (χ0v) is 15.3. The summed E-state index contributed by atoms with van der Waals surface area (Å²) in [4.78, 5) is 5.55. The molecule has 7 heteroatoms. The zero-order valence-electron chi connectivity index (χ0n) is 13.7. The van der Waals surface area contributed by atoms with E-state index in [1.807, 2.05) is 11.4 Å². The highest BCUT2D eigenvalue weighted by Gasteiger charge is 2.20. The lowest BCUT2D eigenvalue weighted by molar-refractivity contribution is 0.178. The van der Waals surface area contributed by atoms with E-state index in [9.17, 15) is 0 Å². The van der Waals surface area contributed by atoms with Crippen LogP contribution in [0.2, 0.25) is 5.15 Å². The second kappa shape index (κ2) is 7.89. The van der Waals surface area contributed by atoms with Crippen molar-refractivity contribution in [1.82, 2.24) is 4.98 Å². The first kappa shape index (κ1) is 17.8. The van der Waals surface area contributed by atoms with E-state index in [4.69, 9.17) is 32.9 Å². The lowest BCUT2D eigenvalue weighted by Gasteiger charge is -2.08. The van der Waals surface area contributed by atoms with Gasteiger partial charge in [0.2, 0.25) is 0 Å². The highest BCUT2D eigenvalue weighted by molar-refractivity contribution is 7.09. The van der Waals surface area contributed by atoms with Gasteiger partial charge in [-0.05, 0) is 11.4 Å². The third-order valence-corrected chi connectivity index (χ3v) is 4.76. The van der Waals surface area contributed by atoms with Crippen LogP contribution in [0.3, 0.4) is 0 Å². The molecule has 0 aromatic carbocycles. The lowest BCUT2D eigenvalue weighted by Crippen LogP contribution is -2.28. The smallest absolute Gasteiger partial charge is 0.177 e. The van der Waals surface area contributed by atoms with E-state index in [0.717, 1.165) is 5.69 Å². The molecule has 0 saturated carbocycles. The van der Waals surface area contributed by atoms with Crippen molar-refractivity contribution in [1.29, 1.82) is 0 Å². The Hall–Kier alpha value is -2.04. The summed E-state index contributed by atoms with van der Waals surface area (Å²) in [6.07, 6.45) is 6.14. The molecule has 0 spiro atoms. The Kier molecular flexibility index (Phi) is 5.61. The summed E-state index contributed by atoms with van der Waals surface area (Å²) in [5, 5.41) is 5.73. The van der Waals surface area contributed by atoms with Crippen LogP contribution >= 0.6 is 22.9 Å². The van der Waals surface area contributed by atoms with Crippen LogP contribution in [-0.4, -0.2) is 24.7 Å². The van der Waals surface area contributed by atoms with Gasteiger partial charge in [0, 0.05) is 37.1 Å². The fraction of sp³-hybridized carbons (Fsp3) is 0.278.